The van der Waals surface area contributed by atoms with E-state index in [1.54, 1.807) is 30.3 Å². The average Bonchev–Trinajstić information content (AvgIpc) is 2.77. The number of carbonyl (C=O) groups excluding carboxylic acids is 1. The monoisotopic (exact) mass is 413 g/mol. The van der Waals surface area contributed by atoms with E-state index in [1.165, 1.54) is 16.4 Å². The lowest BCUT2D eigenvalue weighted by atomic mass is 10.2. The molecule has 0 saturated carbocycles. The molecule has 1 amide bonds. The van der Waals surface area contributed by atoms with E-state index in [1.807, 2.05) is 12.1 Å². The molecule has 8 heteroatoms. The Hall–Kier alpha value is -2.86. The predicted octanol–water partition coefficient (Wildman–Crippen LogP) is 0.978. The van der Waals surface area contributed by atoms with Gasteiger partial charge in [0, 0.05) is 26.2 Å². The number of hydrogen-bond donors (Lipinski definition) is 2. The van der Waals surface area contributed by atoms with Crippen LogP contribution in [0.25, 0.3) is 0 Å². The van der Waals surface area contributed by atoms with Crippen LogP contribution in [0.2, 0.25) is 0 Å². The zero-order valence-corrected chi connectivity index (χ0v) is 16.7. The maximum Gasteiger partial charge on any atom is 0.243 e. The quantitative estimate of drug-likeness (QED) is 0.661. The van der Waals surface area contributed by atoms with E-state index >= 15 is 0 Å². The molecule has 2 aromatic rings. The van der Waals surface area contributed by atoms with Crippen LogP contribution in [0.3, 0.4) is 0 Å². The number of carbonyl (C=O) groups is 1. The summed E-state index contributed by atoms with van der Waals surface area (Å²) in [4.78, 5) is 12.9. The molecule has 152 valence electrons. The second kappa shape index (κ2) is 9.56. The number of piperazine rings is 1. The van der Waals surface area contributed by atoms with Gasteiger partial charge in [-0.1, -0.05) is 36.3 Å². The van der Waals surface area contributed by atoms with Gasteiger partial charge in [-0.25, -0.2) is 8.42 Å². The average molecular weight is 413 g/mol. The van der Waals surface area contributed by atoms with E-state index < -0.39 is 16.1 Å². The molecule has 1 aliphatic heterocycles. The molecule has 1 atom stereocenters. The van der Waals surface area contributed by atoms with Crippen LogP contribution in [0, 0.1) is 12.3 Å². The van der Waals surface area contributed by atoms with E-state index in [0.29, 0.717) is 12.3 Å². The van der Waals surface area contributed by atoms with Gasteiger partial charge in [0.25, 0.3) is 0 Å². The van der Waals surface area contributed by atoms with Gasteiger partial charge in [-0.05, 0) is 29.8 Å². The van der Waals surface area contributed by atoms with Crippen LogP contribution in [0.1, 0.15) is 5.56 Å². The Bertz CT molecular complexity index is 969. The fraction of sp³-hybridized carbons (Fsp3) is 0.286. The SMILES string of the molecule is C#CCOc1ccc(CNC(=O)C2CNCCN2S(=O)(=O)c2ccccc2)cc1. The van der Waals surface area contributed by atoms with E-state index in [-0.39, 0.29) is 37.0 Å². The van der Waals surface area contributed by atoms with Gasteiger partial charge in [-0.15, -0.1) is 6.42 Å². The maximum atomic E-state index is 13.0. The highest BCUT2D eigenvalue weighted by atomic mass is 32.2. The number of terminal acetylenes is 1. The highest BCUT2D eigenvalue weighted by molar-refractivity contribution is 7.89. The van der Waals surface area contributed by atoms with Gasteiger partial charge in [0.15, 0.2) is 0 Å². The third-order valence-electron chi connectivity index (χ3n) is 4.56. The van der Waals surface area contributed by atoms with E-state index in [2.05, 4.69) is 16.6 Å². The number of amides is 1. The molecule has 29 heavy (non-hydrogen) atoms. The van der Waals surface area contributed by atoms with Gasteiger partial charge in [0.05, 0.1) is 4.90 Å². The summed E-state index contributed by atoms with van der Waals surface area (Å²) in [6, 6.07) is 14.5. The van der Waals surface area contributed by atoms with Gasteiger partial charge < -0.3 is 15.4 Å². The van der Waals surface area contributed by atoms with Crippen LogP contribution >= 0.6 is 0 Å². The van der Waals surface area contributed by atoms with Gasteiger partial charge in [0.2, 0.25) is 15.9 Å². The predicted molar refractivity (Wildman–Crippen MR) is 110 cm³/mol. The summed E-state index contributed by atoms with van der Waals surface area (Å²) < 4.78 is 32.6. The summed E-state index contributed by atoms with van der Waals surface area (Å²) in [5.74, 6) is 2.70. The Morgan fingerprint density at radius 2 is 1.93 bits per heavy atom. The molecule has 0 spiro atoms. The Balaban J connectivity index is 1.66. The highest BCUT2D eigenvalue weighted by Gasteiger charge is 2.37. The maximum absolute atomic E-state index is 13.0. The van der Waals surface area contributed by atoms with Crippen molar-refractivity contribution in [2.24, 2.45) is 0 Å². The molecule has 0 bridgehead atoms. The molecule has 1 saturated heterocycles. The largest absolute Gasteiger partial charge is 0.481 e. The zero-order valence-electron chi connectivity index (χ0n) is 15.9. The van der Waals surface area contributed by atoms with Crippen molar-refractivity contribution in [2.75, 3.05) is 26.2 Å². The third kappa shape index (κ3) is 5.15. The highest BCUT2D eigenvalue weighted by Crippen LogP contribution is 2.19. The molecule has 7 nitrogen and oxygen atoms in total. The molecule has 2 aromatic carbocycles. The summed E-state index contributed by atoms with van der Waals surface area (Å²) in [7, 11) is -3.75. The number of nitrogens with zero attached hydrogens (tertiary/aromatic N) is 1. The summed E-state index contributed by atoms with van der Waals surface area (Å²) in [5.41, 5.74) is 0.868. The zero-order chi connectivity index (χ0) is 20.7. The van der Waals surface area contributed by atoms with E-state index in [0.717, 1.165) is 5.56 Å². The van der Waals surface area contributed by atoms with Crippen LogP contribution < -0.4 is 15.4 Å². The standard InChI is InChI=1S/C21H23N3O4S/c1-2-14-28-18-10-8-17(9-11-18)15-23-21(25)20-16-22-12-13-24(20)29(26,27)19-6-4-3-5-7-19/h1,3-11,20,22H,12-16H2,(H,23,25). The molecule has 3 rings (SSSR count). The third-order valence-corrected chi connectivity index (χ3v) is 6.48. The van der Waals surface area contributed by atoms with Crippen molar-refractivity contribution < 1.29 is 17.9 Å². The van der Waals surface area contributed by atoms with Crippen LogP contribution in [0.4, 0.5) is 0 Å². The topological polar surface area (TPSA) is 87.7 Å². The van der Waals surface area contributed by atoms with Gasteiger partial charge in [-0.2, -0.15) is 4.31 Å². The molecular weight excluding hydrogens is 390 g/mol. The Kier molecular flexibility index (Phi) is 6.88. The number of benzene rings is 2. The van der Waals surface area contributed by atoms with Gasteiger partial charge in [0.1, 0.15) is 18.4 Å². The van der Waals surface area contributed by atoms with Gasteiger partial charge in [-0.3, -0.25) is 4.79 Å². The Labute approximate surface area is 171 Å². The van der Waals surface area contributed by atoms with Crippen molar-refractivity contribution in [1.82, 2.24) is 14.9 Å². The lowest BCUT2D eigenvalue weighted by Crippen LogP contribution is -2.59. The first-order valence-corrected chi connectivity index (χ1v) is 10.7. The lowest BCUT2D eigenvalue weighted by molar-refractivity contribution is -0.125. The first-order chi connectivity index (χ1) is 14.0. The minimum Gasteiger partial charge on any atom is -0.481 e. The van der Waals surface area contributed by atoms with Crippen molar-refractivity contribution >= 4 is 15.9 Å². The van der Waals surface area contributed by atoms with Crippen molar-refractivity contribution in [1.29, 1.82) is 0 Å². The Morgan fingerprint density at radius 3 is 2.62 bits per heavy atom. The summed E-state index contributed by atoms with van der Waals surface area (Å²) in [6.45, 7) is 1.46. The number of hydrogen-bond acceptors (Lipinski definition) is 5. The summed E-state index contributed by atoms with van der Waals surface area (Å²) in [5, 5.41) is 5.92. The number of sulfonamides is 1. The van der Waals surface area contributed by atoms with Crippen molar-refractivity contribution in [3.63, 3.8) is 0 Å². The second-order valence-electron chi connectivity index (χ2n) is 6.50. The molecule has 0 aromatic heterocycles. The van der Waals surface area contributed by atoms with Crippen LogP contribution in [0.15, 0.2) is 59.5 Å². The lowest BCUT2D eigenvalue weighted by Gasteiger charge is -2.34. The molecule has 0 radical (unpaired) electrons. The minimum atomic E-state index is -3.75. The molecular formula is C21H23N3O4S. The first kappa shape index (κ1) is 20.9. The van der Waals surface area contributed by atoms with Gasteiger partial charge >= 0.3 is 0 Å². The number of nitrogens with one attached hydrogen (secondary N) is 2. The first-order valence-electron chi connectivity index (χ1n) is 9.23. The molecule has 1 unspecified atom stereocenters. The van der Waals surface area contributed by atoms with E-state index in [9.17, 15) is 13.2 Å². The minimum absolute atomic E-state index is 0.183. The fourth-order valence-corrected chi connectivity index (χ4v) is 4.67. The molecule has 1 heterocycles. The van der Waals surface area contributed by atoms with E-state index in [4.69, 9.17) is 11.2 Å². The fourth-order valence-electron chi connectivity index (χ4n) is 3.06. The summed E-state index contributed by atoms with van der Waals surface area (Å²) >= 11 is 0. The Morgan fingerprint density at radius 1 is 1.21 bits per heavy atom. The number of ether oxygens (including phenoxy) is 1. The normalized spacial score (nSPS) is 17.3. The van der Waals surface area contributed by atoms with Crippen molar-refractivity contribution in [3.05, 3.63) is 60.2 Å². The van der Waals surface area contributed by atoms with Crippen LogP contribution in [0.5, 0.6) is 5.75 Å². The number of rotatable bonds is 7. The van der Waals surface area contributed by atoms with Crippen molar-refractivity contribution in [3.8, 4) is 18.1 Å². The molecule has 1 fully saturated rings. The second-order valence-corrected chi connectivity index (χ2v) is 8.39. The van der Waals surface area contributed by atoms with Crippen molar-refractivity contribution in [2.45, 2.75) is 17.5 Å². The molecule has 0 aliphatic carbocycles. The molecule has 1 aliphatic rings. The smallest absolute Gasteiger partial charge is 0.243 e. The summed E-state index contributed by atoms with van der Waals surface area (Å²) in [6.07, 6.45) is 5.16. The van der Waals surface area contributed by atoms with Crippen LogP contribution in [-0.2, 0) is 21.4 Å². The molecule has 2 N–H and O–H groups in total. The van der Waals surface area contributed by atoms with Crippen LogP contribution in [-0.4, -0.2) is 50.9 Å².